The SMILES string of the molecule is CC(N)C(=O)NC(CCC(=O)O)C(=O)NC(CC(N)=O)C(=O)NC(C(=O)O)C(C)O. The normalized spacial score (nSPS) is 15.6. The van der Waals surface area contributed by atoms with Crippen LogP contribution in [0.5, 0.6) is 0 Å². The molecular formula is C16H27N5O9. The van der Waals surface area contributed by atoms with E-state index in [0.29, 0.717) is 0 Å². The van der Waals surface area contributed by atoms with Crippen LogP contribution in [0.15, 0.2) is 0 Å². The largest absolute Gasteiger partial charge is 0.481 e. The van der Waals surface area contributed by atoms with Crippen molar-refractivity contribution >= 4 is 35.6 Å². The first kappa shape index (κ1) is 26.7. The molecule has 0 bridgehead atoms. The van der Waals surface area contributed by atoms with Crippen molar-refractivity contribution in [3.05, 3.63) is 0 Å². The van der Waals surface area contributed by atoms with Gasteiger partial charge in [-0.1, -0.05) is 0 Å². The van der Waals surface area contributed by atoms with E-state index in [-0.39, 0.29) is 6.42 Å². The molecule has 30 heavy (non-hydrogen) atoms. The van der Waals surface area contributed by atoms with E-state index in [1.54, 1.807) is 0 Å². The minimum Gasteiger partial charge on any atom is -0.481 e. The molecule has 170 valence electrons. The van der Waals surface area contributed by atoms with Gasteiger partial charge in [-0.15, -0.1) is 0 Å². The van der Waals surface area contributed by atoms with Crippen LogP contribution >= 0.6 is 0 Å². The maximum absolute atomic E-state index is 12.5. The zero-order valence-corrected chi connectivity index (χ0v) is 16.5. The molecule has 0 spiro atoms. The average molecular weight is 433 g/mol. The van der Waals surface area contributed by atoms with Crippen LogP contribution in [0.4, 0.5) is 0 Å². The van der Waals surface area contributed by atoms with Crippen molar-refractivity contribution in [1.82, 2.24) is 16.0 Å². The van der Waals surface area contributed by atoms with E-state index < -0.39 is 78.7 Å². The zero-order chi connectivity index (χ0) is 23.6. The van der Waals surface area contributed by atoms with E-state index >= 15 is 0 Å². The molecule has 0 aliphatic carbocycles. The molecule has 0 heterocycles. The summed E-state index contributed by atoms with van der Waals surface area (Å²) in [4.78, 5) is 69.8. The number of carbonyl (C=O) groups is 6. The van der Waals surface area contributed by atoms with Gasteiger partial charge in [0.1, 0.15) is 12.1 Å². The second kappa shape index (κ2) is 12.3. The van der Waals surface area contributed by atoms with Gasteiger partial charge in [0.15, 0.2) is 6.04 Å². The van der Waals surface area contributed by atoms with Gasteiger partial charge in [-0.3, -0.25) is 24.0 Å². The summed E-state index contributed by atoms with van der Waals surface area (Å²) in [6.07, 6.45) is -3.08. The third-order valence-electron chi connectivity index (χ3n) is 3.78. The predicted octanol–water partition coefficient (Wildman–Crippen LogP) is -4.01. The number of primary amides is 1. The summed E-state index contributed by atoms with van der Waals surface area (Å²) >= 11 is 0. The molecule has 0 aliphatic heterocycles. The number of carboxylic acid groups (broad SMARTS) is 2. The van der Waals surface area contributed by atoms with Gasteiger partial charge in [0.25, 0.3) is 0 Å². The lowest BCUT2D eigenvalue weighted by Gasteiger charge is -2.24. The first-order valence-electron chi connectivity index (χ1n) is 8.83. The third kappa shape index (κ3) is 9.79. The molecular weight excluding hydrogens is 406 g/mol. The first-order valence-corrected chi connectivity index (χ1v) is 8.83. The molecule has 0 saturated heterocycles. The second-order valence-electron chi connectivity index (χ2n) is 6.58. The predicted molar refractivity (Wildman–Crippen MR) is 99.4 cm³/mol. The molecule has 0 fully saturated rings. The summed E-state index contributed by atoms with van der Waals surface area (Å²) in [5, 5.41) is 33.6. The van der Waals surface area contributed by atoms with Crippen LogP contribution in [0.2, 0.25) is 0 Å². The number of nitrogens with two attached hydrogens (primary N) is 2. The summed E-state index contributed by atoms with van der Waals surface area (Å²) < 4.78 is 0. The van der Waals surface area contributed by atoms with Crippen LogP contribution in [0, 0.1) is 0 Å². The van der Waals surface area contributed by atoms with E-state index in [0.717, 1.165) is 6.92 Å². The molecule has 4 amide bonds. The van der Waals surface area contributed by atoms with Crippen LogP contribution in [-0.2, 0) is 28.8 Å². The lowest BCUT2D eigenvalue weighted by molar-refractivity contribution is -0.145. The van der Waals surface area contributed by atoms with Gasteiger partial charge in [-0.2, -0.15) is 0 Å². The highest BCUT2D eigenvalue weighted by Gasteiger charge is 2.32. The van der Waals surface area contributed by atoms with E-state index in [1.165, 1.54) is 6.92 Å². The molecule has 5 unspecified atom stereocenters. The summed E-state index contributed by atoms with van der Waals surface area (Å²) in [6.45, 7) is 2.43. The molecule has 0 saturated carbocycles. The monoisotopic (exact) mass is 433 g/mol. The Morgan fingerprint density at radius 3 is 1.77 bits per heavy atom. The Hall–Kier alpha value is -3.26. The van der Waals surface area contributed by atoms with Gasteiger partial charge in [0.2, 0.25) is 23.6 Å². The van der Waals surface area contributed by atoms with Gasteiger partial charge >= 0.3 is 11.9 Å². The number of hydrogen-bond acceptors (Lipinski definition) is 8. The number of carboxylic acids is 2. The smallest absolute Gasteiger partial charge is 0.328 e. The number of carbonyl (C=O) groups excluding carboxylic acids is 4. The highest BCUT2D eigenvalue weighted by molar-refractivity contribution is 5.96. The quantitative estimate of drug-likeness (QED) is 0.140. The summed E-state index contributed by atoms with van der Waals surface area (Å²) in [5.41, 5.74) is 10.5. The van der Waals surface area contributed by atoms with Crippen LogP contribution in [-0.4, -0.2) is 81.2 Å². The molecule has 5 atom stereocenters. The molecule has 0 aromatic carbocycles. The maximum atomic E-state index is 12.5. The van der Waals surface area contributed by atoms with Crippen LogP contribution < -0.4 is 27.4 Å². The van der Waals surface area contributed by atoms with Crippen molar-refractivity contribution in [3.63, 3.8) is 0 Å². The Morgan fingerprint density at radius 2 is 1.37 bits per heavy atom. The average Bonchev–Trinajstić information content (AvgIpc) is 2.60. The molecule has 0 aromatic heterocycles. The van der Waals surface area contributed by atoms with Gasteiger partial charge in [0, 0.05) is 6.42 Å². The molecule has 0 aliphatic rings. The van der Waals surface area contributed by atoms with E-state index in [9.17, 15) is 33.9 Å². The Bertz CT molecular complexity index is 680. The van der Waals surface area contributed by atoms with Crippen LogP contribution in [0.3, 0.4) is 0 Å². The molecule has 14 nitrogen and oxygen atoms in total. The Kier molecular flexibility index (Phi) is 11.0. The first-order chi connectivity index (χ1) is 13.8. The van der Waals surface area contributed by atoms with Crippen molar-refractivity contribution in [1.29, 1.82) is 0 Å². The number of aliphatic carboxylic acids is 2. The summed E-state index contributed by atoms with van der Waals surface area (Å²) in [6, 6.07) is -5.80. The van der Waals surface area contributed by atoms with E-state index in [2.05, 4.69) is 10.6 Å². The third-order valence-corrected chi connectivity index (χ3v) is 3.78. The van der Waals surface area contributed by atoms with Crippen molar-refractivity contribution in [2.24, 2.45) is 11.5 Å². The van der Waals surface area contributed by atoms with Crippen molar-refractivity contribution in [2.75, 3.05) is 0 Å². The van der Waals surface area contributed by atoms with Crippen LogP contribution in [0.1, 0.15) is 33.1 Å². The minimum absolute atomic E-state index is 0.351. The number of aliphatic hydroxyl groups excluding tert-OH is 1. The second-order valence-corrected chi connectivity index (χ2v) is 6.58. The van der Waals surface area contributed by atoms with E-state index in [4.69, 9.17) is 21.7 Å². The highest BCUT2D eigenvalue weighted by atomic mass is 16.4. The summed E-state index contributed by atoms with van der Waals surface area (Å²) in [7, 11) is 0. The van der Waals surface area contributed by atoms with Crippen LogP contribution in [0.25, 0.3) is 0 Å². The van der Waals surface area contributed by atoms with Gasteiger partial charge in [-0.25, -0.2) is 4.79 Å². The maximum Gasteiger partial charge on any atom is 0.328 e. The molecule has 10 N–H and O–H groups in total. The van der Waals surface area contributed by atoms with Crippen molar-refractivity contribution in [2.45, 2.75) is 63.4 Å². The van der Waals surface area contributed by atoms with E-state index in [1.807, 2.05) is 5.32 Å². The Morgan fingerprint density at radius 1 is 0.867 bits per heavy atom. The summed E-state index contributed by atoms with van der Waals surface area (Å²) in [5.74, 6) is -6.75. The number of hydrogen-bond donors (Lipinski definition) is 8. The number of amides is 4. The molecule has 14 heteroatoms. The lowest BCUT2D eigenvalue weighted by atomic mass is 10.1. The van der Waals surface area contributed by atoms with Gasteiger partial charge in [0.05, 0.1) is 18.6 Å². The fourth-order valence-corrected chi connectivity index (χ4v) is 2.17. The lowest BCUT2D eigenvalue weighted by Crippen LogP contribution is -2.58. The standard InChI is InChI=1S/C16H27N5O9/c1-6(17)13(26)19-8(3-4-11(24)25)14(27)20-9(5-10(18)23)15(28)21-12(7(2)22)16(29)30/h6-9,12,22H,3-5,17H2,1-2H3,(H2,18,23)(H,19,26)(H,20,27)(H,21,28)(H,24,25)(H,29,30). The molecule has 0 radical (unpaired) electrons. The number of rotatable bonds is 13. The number of aliphatic hydroxyl groups is 1. The molecule has 0 rings (SSSR count). The zero-order valence-electron chi connectivity index (χ0n) is 16.5. The fraction of sp³-hybridized carbons (Fsp3) is 0.625. The van der Waals surface area contributed by atoms with Crippen molar-refractivity contribution in [3.8, 4) is 0 Å². The molecule has 0 aromatic rings. The van der Waals surface area contributed by atoms with Gasteiger partial charge < -0.3 is 42.7 Å². The highest BCUT2D eigenvalue weighted by Crippen LogP contribution is 2.03. The Labute approximate surface area is 171 Å². The Balaban J connectivity index is 5.49. The van der Waals surface area contributed by atoms with Gasteiger partial charge in [-0.05, 0) is 20.3 Å². The topological polar surface area (TPSA) is 251 Å². The van der Waals surface area contributed by atoms with Crippen molar-refractivity contribution < 1.29 is 44.1 Å². The fourth-order valence-electron chi connectivity index (χ4n) is 2.17. The number of nitrogens with one attached hydrogen (secondary N) is 3. The minimum atomic E-state index is -1.73.